The maximum Gasteiger partial charge on any atom is 0.0274 e. The highest BCUT2D eigenvalue weighted by atomic mass is 14.0. The maximum absolute atomic E-state index is 5.26. The summed E-state index contributed by atoms with van der Waals surface area (Å²) in [6, 6.07) is 6.97. The Morgan fingerprint density at radius 2 is 2.20 bits per heavy atom. The van der Waals surface area contributed by atoms with Gasteiger partial charge in [-0.1, -0.05) is 5.92 Å². The molecule has 1 aromatic rings. The molecule has 0 spiro atoms. The van der Waals surface area contributed by atoms with Crippen molar-refractivity contribution >= 4 is 0 Å². The molecule has 1 aromatic carbocycles. The third-order valence-corrected chi connectivity index (χ3v) is 1.46. The number of rotatable bonds is 0. The lowest BCUT2D eigenvalue weighted by Crippen LogP contribution is -1.82. The number of terminal acetylenes is 1. The summed E-state index contributed by atoms with van der Waals surface area (Å²) >= 11 is 0. The predicted octanol–water partition coefficient (Wildman–Crippen LogP) is 2.08. The molecule has 1 radical (unpaired) electrons. The average Bonchev–Trinajstić information content (AvgIpc) is 1.94. The Morgan fingerprint density at radius 1 is 1.50 bits per heavy atom. The first-order chi connectivity index (χ1) is 4.74. The van der Waals surface area contributed by atoms with E-state index < -0.39 is 0 Å². The van der Waals surface area contributed by atoms with Gasteiger partial charge in [0.15, 0.2) is 0 Å². The molecule has 10 heavy (non-hydrogen) atoms. The van der Waals surface area contributed by atoms with Crippen LogP contribution < -0.4 is 0 Å². The second kappa shape index (κ2) is 2.58. The van der Waals surface area contributed by atoms with Gasteiger partial charge in [0, 0.05) is 5.56 Å². The zero-order valence-electron chi connectivity index (χ0n) is 6.23. The summed E-state index contributed by atoms with van der Waals surface area (Å²) in [5, 5.41) is 0. The van der Waals surface area contributed by atoms with Crippen LogP contribution in [0.25, 0.3) is 0 Å². The van der Waals surface area contributed by atoms with E-state index in [1.165, 1.54) is 0 Å². The van der Waals surface area contributed by atoms with E-state index in [1.54, 1.807) is 0 Å². The molecule has 0 unspecified atom stereocenters. The summed E-state index contributed by atoms with van der Waals surface area (Å²) < 4.78 is 0. The smallest absolute Gasteiger partial charge is 0.0274 e. The summed E-state index contributed by atoms with van der Waals surface area (Å²) in [5.74, 6) is 2.62. The van der Waals surface area contributed by atoms with E-state index in [0.29, 0.717) is 0 Å². The van der Waals surface area contributed by atoms with E-state index in [-0.39, 0.29) is 0 Å². The lowest BCUT2D eigenvalue weighted by atomic mass is 10.1. The van der Waals surface area contributed by atoms with E-state index in [2.05, 4.69) is 12.0 Å². The van der Waals surface area contributed by atoms with Crippen LogP contribution in [0, 0.1) is 32.3 Å². The molecular weight excluding hydrogens is 120 g/mol. The minimum Gasteiger partial charge on any atom is -0.115 e. The molecule has 0 aliphatic rings. The topological polar surface area (TPSA) is 0 Å². The predicted molar refractivity (Wildman–Crippen MR) is 42.7 cm³/mol. The molecule has 0 fully saturated rings. The lowest BCUT2D eigenvalue weighted by molar-refractivity contribution is 1.36. The standard InChI is InChI=1S/C10H9/c1-4-10-7-8(2)5-6-9(10)3/h1,6-7H,2-3H3. The molecule has 0 aliphatic carbocycles. The summed E-state index contributed by atoms with van der Waals surface area (Å²) in [5.41, 5.74) is 3.18. The zero-order valence-corrected chi connectivity index (χ0v) is 6.23. The third-order valence-electron chi connectivity index (χ3n) is 1.46. The molecule has 0 atom stereocenters. The van der Waals surface area contributed by atoms with Gasteiger partial charge in [-0.15, -0.1) is 6.42 Å². The number of hydrogen-bond donors (Lipinski definition) is 0. The van der Waals surface area contributed by atoms with Crippen molar-refractivity contribution in [2.75, 3.05) is 0 Å². The van der Waals surface area contributed by atoms with Crippen molar-refractivity contribution in [1.29, 1.82) is 0 Å². The van der Waals surface area contributed by atoms with E-state index in [0.717, 1.165) is 16.7 Å². The molecule has 0 amide bonds. The second-order valence-electron chi connectivity index (χ2n) is 2.36. The van der Waals surface area contributed by atoms with Crippen LogP contribution >= 0.6 is 0 Å². The normalized spacial score (nSPS) is 8.90. The molecule has 0 bridgehead atoms. The number of hydrogen-bond acceptors (Lipinski definition) is 0. The molecule has 0 nitrogen and oxygen atoms in total. The fraction of sp³-hybridized carbons (Fsp3) is 0.200. The van der Waals surface area contributed by atoms with Crippen molar-refractivity contribution in [1.82, 2.24) is 0 Å². The van der Waals surface area contributed by atoms with Crippen LogP contribution in [0.15, 0.2) is 12.1 Å². The fourth-order valence-electron chi connectivity index (χ4n) is 0.827. The highest BCUT2D eigenvalue weighted by molar-refractivity contribution is 5.40. The Labute approximate surface area is 61.9 Å². The van der Waals surface area contributed by atoms with Crippen LogP contribution in [0.5, 0.6) is 0 Å². The van der Waals surface area contributed by atoms with Crippen LogP contribution in [-0.2, 0) is 0 Å². The molecular formula is C10H9. The van der Waals surface area contributed by atoms with Gasteiger partial charge in [0.1, 0.15) is 0 Å². The molecule has 0 aliphatic heterocycles. The number of aryl methyl sites for hydroxylation is 2. The van der Waals surface area contributed by atoms with Gasteiger partial charge in [-0.2, -0.15) is 0 Å². The van der Waals surface area contributed by atoms with E-state index in [1.807, 2.05) is 26.0 Å². The Kier molecular flexibility index (Phi) is 1.78. The first-order valence-electron chi connectivity index (χ1n) is 3.19. The van der Waals surface area contributed by atoms with Gasteiger partial charge >= 0.3 is 0 Å². The monoisotopic (exact) mass is 129 g/mol. The van der Waals surface area contributed by atoms with Gasteiger partial charge in [-0.25, -0.2) is 0 Å². The van der Waals surface area contributed by atoms with Crippen LogP contribution in [0.3, 0.4) is 0 Å². The van der Waals surface area contributed by atoms with Gasteiger partial charge < -0.3 is 0 Å². The first-order valence-corrected chi connectivity index (χ1v) is 3.19. The van der Waals surface area contributed by atoms with Crippen molar-refractivity contribution in [2.45, 2.75) is 13.8 Å². The van der Waals surface area contributed by atoms with Crippen molar-refractivity contribution in [3.05, 3.63) is 34.9 Å². The van der Waals surface area contributed by atoms with Gasteiger partial charge in [-0.3, -0.25) is 0 Å². The third kappa shape index (κ3) is 1.19. The summed E-state index contributed by atoms with van der Waals surface area (Å²) in [6.45, 7) is 3.98. The van der Waals surface area contributed by atoms with E-state index in [4.69, 9.17) is 6.42 Å². The highest BCUT2D eigenvalue weighted by Crippen LogP contribution is 2.07. The Bertz CT molecular complexity index is 277. The Morgan fingerprint density at radius 3 is 2.70 bits per heavy atom. The second-order valence-corrected chi connectivity index (χ2v) is 2.36. The van der Waals surface area contributed by atoms with Gasteiger partial charge in [0.05, 0.1) is 0 Å². The molecule has 0 heterocycles. The molecule has 0 aromatic heterocycles. The van der Waals surface area contributed by atoms with Gasteiger partial charge in [-0.05, 0) is 43.2 Å². The summed E-state index contributed by atoms with van der Waals surface area (Å²) in [6.07, 6.45) is 5.26. The quantitative estimate of drug-likeness (QED) is 0.470. The minimum absolute atomic E-state index is 0.969. The molecule has 1 rings (SSSR count). The van der Waals surface area contributed by atoms with E-state index in [9.17, 15) is 0 Å². The van der Waals surface area contributed by atoms with Crippen LogP contribution in [0.1, 0.15) is 16.7 Å². The number of benzene rings is 1. The molecule has 49 valence electrons. The average molecular weight is 129 g/mol. The first kappa shape index (κ1) is 6.89. The highest BCUT2D eigenvalue weighted by Gasteiger charge is 1.92. The summed E-state index contributed by atoms with van der Waals surface area (Å²) in [4.78, 5) is 0. The van der Waals surface area contributed by atoms with Gasteiger partial charge in [0.2, 0.25) is 0 Å². The fourth-order valence-corrected chi connectivity index (χ4v) is 0.827. The largest absolute Gasteiger partial charge is 0.115 e. The lowest BCUT2D eigenvalue weighted by Gasteiger charge is -1.97. The van der Waals surface area contributed by atoms with Crippen molar-refractivity contribution in [2.24, 2.45) is 0 Å². The Hall–Kier alpha value is -1.22. The van der Waals surface area contributed by atoms with E-state index >= 15 is 0 Å². The van der Waals surface area contributed by atoms with Crippen molar-refractivity contribution in [3.63, 3.8) is 0 Å². The molecule has 0 N–H and O–H groups in total. The van der Waals surface area contributed by atoms with Gasteiger partial charge in [0.25, 0.3) is 0 Å². The summed E-state index contributed by atoms with van der Waals surface area (Å²) in [7, 11) is 0. The SMILES string of the molecule is C#Cc1cc(C)[c]cc1C. The van der Waals surface area contributed by atoms with Crippen molar-refractivity contribution in [3.8, 4) is 12.3 Å². The molecule has 0 saturated carbocycles. The van der Waals surface area contributed by atoms with Crippen LogP contribution in [-0.4, -0.2) is 0 Å². The van der Waals surface area contributed by atoms with Crippen LogP contribution in [0.4, 0.5) is 0 Å². The molecule has 0 heteroatoms. The maximum atomic E-state index is 5.26. The zero-order chi connectivity index (χ0) is 7.56. The minimum atomic E-state index is 0.969. The van der Waals surface area contributed by atoms with Crippen LogP contribution in [0.2, 0.25) is 0 Å². The molecule has 0 saturated heterocycles. The Balaban J connectivity index is 3.25. The van der Waals surface area contributed by atoms with Crippen molar-refractivity contribution < 1.29 is 0 Å².